The largest absolute Gasteiger partial charge is 0.429 e. The molecule has 1 fully saturated rings. The number of hydrogen-bond acceptors (Lipinski definition) is 4. The zero-order valence-corrected chi connectivity index (χ0v) is 14.3. The fraction of sp³-hybridized carbons (Fsp3) is 0.529. The number of fused-ring (bicyclic) bond motifs is 1. The maximum Gasteiger partial charge on any atom is 0.266 e. The molecule has 1 N–H and O–H groups in total. The van der Waals surface area contributed by atoms with Gasteiger partial charge < -0.3 is 19.0 Å². The molecular formula is C17H22N2O3S. The SMILES string of the molecule is CC(C)CCO[C@@H]1CCN(C(=O)c2ccc3[nH]c(=S)oc3c2)C1. The molecule has 23 heavy (non-hydrogen) atoms. The van der Waals surface area contributed by atoms with E-state index >= 15 is 0 Å². The number of aromatic nitrogens is 1. The lowest BCUT2D eigenvalue weighted by Crippen LogP contribution is -2.30. The van der Waals surface area contributed by atoms with Gasteiger partial charge in [0.15, 0.2) is 5.58 Å². The smallest absolute Gasteiger partial charge is 0.266 e. The summed E-state index contributed by atoms with van der Waals surface area (Å²) in [5, 5.41) is 0. The van der Waals surface area contributed by atoms with Crippen molar-refractivity contribution in [2.24, 2.45) is 5.92 Å². The molecule has 0 aliphatic carbocycles. The molecule has 1 aliphatic rings. The molecule has 0 bridgehead atoms. The van der Waals surface area contributed by atoms with E-state index in [2.05, 4.69) is 18.8 Å². The van der Waals surface area contributed by atoms with Crippen molar-refractivity contribution in [3.05, 3.63) is 28.6 Å². The molecule has 1 amide bonds. The minimum Gasteiger partial charge on any atom is -0.429 e. The zero-order valence-electron chi connectivity index (χ0n) is 13.5. The maximum atomic E-state index is 12.6. The van der Waals surface area contributed by atoms with Crippen LogP contribution in [0.1, 0.15) is 37.0 Å². The number of carbonyl (C=O) groups excluding carboxylic acids is 1. The van der Waals surface area contributed by atoms with Gasteiger partial charge in [-0.25, -0.2) is 0 Å². The summed E-state index contributed by atoms with van der Waals surface area (Å²) in [7, 11) is 0. The van der Waals surface area contributed by atoms with Crippen LogP contribution in [0, 0.1) is 10.8 Å². The van der Waals surface area contributed by atoms with E-state index in [1.807, 2.05) is 11.0 Å². The van der Waals surface area contributed by atoms with Crippen molar-refractivity contribution in [2.45, 2.75) is 32.8 Å². The Bertz CT molecular complexity index is 750. The van der Waals surface area contributed by atoms with Crippen molar-refractivity contribution in [1.82, 2.24) is 9.88 Å². The standard InChI is InChI=1S/C17H22N2O3S/c1-11(2)6-8-21-13-5-7-19(10-13)16(20)12-3-4-14-15(9-12)22-17(23)18-14/h3-4,9,11,13H,5-8,10H2,1-2H3,(H,18,23)/t13-/m1/s1. The normalized spacial score (nSPS) is 18.2. The third kappa shape index (κ3) is 3.82. The number of H-pyrrole nitrogens is 1. The molecule has 0 unspecified atom stereocenters. The minimum absolute atomic E-state index is 0.0178. The van der Waals surface area contributed by atoms with Gasteiger partial charge in [-0.05, 0) is 49.2 Å². The second-order valence-electron chi connectivity index (χ2n) is 6.44. The Kier molecular flexibility index (Phi) is 4.82. The van der Waals surface area contributed by atoms with E-state index in [1.165, 1.54) is 0 Å². The first-order chi connectivity index (χ1) is 11.0. The molecule has 6 heteroatoms. The Balaban J connectivity index is 1.62. The van der Waals surface area contributed by atoms with E-state index in [1.54, 1.807) is 12.1 Å². The minimum atomic E-state index is 0.0178. The number of nitrogens with one attached hydrogen (secondary N) is 1. The van der Waals surface area contributed by atoms with Crippen LogP contribution < -0.4 is 0 Å². The lowest BCUT2D eigenvalue weighted by molar-refractivity contribution is 0.0484. The number of oxazole rings is 1. The lowest BCUT2D eigenvalue weighted by Gasteiger charge is -2.17. The summed E-state index contributed by atoms with van der Waals surface area (Å²) in [6, 6.07) is 5.38. The zero-order chi connectivity index (χ0) is 16.4. The third-order valence-corrected chi connectivity index (χ3v) is 4.33. The van der Waals surface area contributed by atoms with E-state index in [-0.39, 0.29) is 12.0 Å². The molecule has 5 nitrogen and oxygen atoms in total. The Hall–Kier alpha value is -1.66. The van der Waals surface area contributed by atoms with Gasteiger partial charge in [-0.2, -0.15) is 0 Å². The van der Waals surface area contributed by atoms with E-state index in [0.717, 1.165) is 31.5 Å². The summed E-state index contributed by atoms with van der Waals surface area (Å²) < 4.78 is 11.3. The van der Waals surface area contributed by atoms with Gasteiger partial charge in [0.2, 0.25) is 0 Å². The van der Waals surface area contributed by atoms with E-state index in [0.29, 0.717) is 28.4 Å². The molecule has 3 rings (SSSR count). The van der Waals surface area contributed by atoms with Crippen LogP contribution in [0.5, 0.6) is 0 Å². The summed E-state index contributed by atoms with van der Waals surface area (Å²) in [6.07, 6.45) is 2.11. The van der Waals surface area contributed by atoms with Crippen LogP contribution in [0.15, 0.2) is 22.6 Å². The van der Waals surface area contributed by atoms with Crippen molar-refractivity contribution in [2.75, 3.05) is 19.7 Å². The van der Waals surface area contributed by atoms with E-state index in [4.69, 9.17) is 21.4 Å². The average molecular weight is 334 g/mol. The first-order valence-electron chi connectivity index (χ1n) is 8.06. The van der Waals surface area contributed by atoms with Crippen LogP contribution in [0.25, 0.3) is 11.1 Å². The number of benzene rings is 1. The summed E-state index contributed by atoms with van der Waals surface area (Å²) in [6.45, 7) is 6.53. The van der Waals surface area contributed by atoms with Crippen molar-refractivity contribution >= 4 is 29.2 Å². The molecule has 124 valence electrons. The van der Waals surface area contributed by atoms with Gasteiger partial charge in [-0.1, -0.05) is 13.8 Å². The summed E-state index contributed by atoms with van der Waals surface area (Å²) in [5.41, 5.74) is 2.05. The van der Waals surface area contributed by atoms with Gasteiger partial charge in [0.05, 0.1) is 11.6 Å². The first kappa shape index (κ1) is 16.2. The molecule has 1 saturated heterocycles. The Morgan fingerprint density at radius 3 is 3.13 bits per heavy atom. The molecule has 2 heterocycles. The van der Waals surface area contributed by atoms with Crippen LogP contribution in [0.2, 0.25) is 0 Å². The van der Waals surface area contributed by atoms with Crippen LogP contribution in [0.4, 0.5) is 0 Å². The highest BCUT2D eigenvalue weighted by Gasteiger charge is 2.27. The number of nitrogens with zero attached hydrogens (tertiary/aromatic N) is 1. The van der Waals surface area contributed by atoms with Gasteiger partial charge in [-0.3, -0.25) is 4.79 Å². The van der Waals surface area contributed by atoms with Crippen molar-refractivity contribution in [3.63, 3.8) is 0 Å². The van der Waals surface area contributed by atoms with Gasteiger partial charge >= 0.3 is 0 Å². The number of rotatable bonds is 5. The van der Waals surface area contributed by atoms with E-state index < -0.39 is 0 Å². The molecule has 1 aliphatic heterocycles. The van der Waals surface area contributed by atoms with E-state index in [9.17, 15) is 4.79 Å². The van der Waals surface area contributed by atoms with Gasteiger partial charge in [0.1, 0.15) is 0 Å². The number of hydrogen-bond donors (Lipinski definition) is 1. The number of amides is 1. The van der Waals surface area contributed by atoms with Crippen LogP contribution in [-0.4, -0.2) is 41.6 Å². The Morgan fingerprint density at radius 2 is 2.35 bits per heavy atom. The van der Waals surface area contributed by atoms with Gasteiger partial charge in [0, 0.05) is 25.3 Å². The third-order valence-electron chi connectivity index (χ3n) is 4.15. The Labute approximate surface area is 140 Å². The molecule has 0 radical (unpaired) electrons. The Morgan fingerprint density at radius 1 is 1.52 bits per heavy atom. The molecule has 0 spiro atoms. The second kappa shape index (κ2) is 6.84. The van der Waals surface area contributed by atoms with Gasteiger partial charge in [0.25, 0.3) is 10.7 Å². The molecule has 1 aromatic carbocycles. The summed E-state index contributed by atoms with van der Waals surface area (Å²) in [4.78, 5) is 17.7. The average Bonchev–Trinajstić information content (AvgIpc) is 3.10. The van der Waals surface area contributed by atoms with Crippen molar-refractivity contribution < 1.29 is 13.9 Å². The predicted octanol–water partition coefficient (Wildman–Crippen LogP) is 3.77. The predicted molar refractivity (Wildman–Crippen MR) is 91.1 cm³/mol. The quantitative estimate of drug-likeness (QED) is 0.846. The van der Waals surface area contributed by atoms with Gasteiger partial charge in [-0.15, -0.1) is 0 Å². The maximum absolute atomic E-state index is 12.6. The molecular weight excluding hydrogens is 312 g/mol. The molecule has 2 aromatic rings. The lowest BCUT2D eigenvalue weighted by atomic mass is 10.1. The fourth-order valence-electron chi connectivity index (χ4n) is 2.78. The number of aromatic amines is 1. The summed E-state index contributed by atoms with van der Waals surface area (Å²) in [5.74, 6) is 0.657. The number of carbonyl (C=O) groups is 1. The van der Waals surface area contributed by atoms with Crippen molar-refractivity contribution in [3.8, 4) is 0 Å². The highest BCUT2D eigenvalue weighted by molar-refractivity contribution is 7.71. The first-order valence-corrected chi connectivity index (χ1v) is 8.47. The molecule has 1 atom stereocenters. The number of likely N-dealkylation sites (tertiary alicyclic amines) is 1. The highest BCUT2D eigenvalue weighted by Crippen LogP contribution is 2.20. The number of ether oxygens (including phenoxy) is 1. The topological polar surface area (TPSA) is 58.5 Å². The van der Waals surface area contributed by atoms with Crippen LogP contribution >= 0.6 is 12.2 Å². The summed E-state index contributed by atoms with van der Waals surface area (Å²) >= 11 is 4.97. The molecule has 1 aromatic heterocycles. The van der Waals surface area contributed by atoms with Crippen LogP contribution in [-0.2, 0) is 4.74 Å². The highest BCUT2D eigenvalue weighted by atomic mass is 32.1. The second-order valence-corrected chi connectivity index (χ2v) is 6.81. The molecule has 0 saturated carbocycles. The monoisotopic (exact) mass is 334 g/mol. The fourth-order valence-corrected chi connectivity index (χ4v) is 2.98. The van der Waals surface area contributed by atoms with Crippen molar-refractivity contribution in [1.29, 1.82) is 0 Å². The van der Waals surface area contributed by atoms with Crippen LogP contribution in [0.3, 0.4) is 0 Å².